The lowest BCUT2D eigenvalue weighted by molar-refractivity contribution is 0.0600. The first kappa shape index (κ1) is 13.8. The minimum atomic E-state index is -0.409. The maximum atomic E-state index is 11.5. The summed E-state index contributed by atoms with van der Waals surface area (Å²) in [4.78, 5) is 26.1. The zero-order chi connectivity index (χ0) is 14.5. The van der Waals surface area contributed by atoms with Gasteiger partial charge in [0, 0.05) is 11.8 Å². The van der Waals surface area contributed by atoms with E-state index in [1.807, 2.05) is 0 Å². The lowest BCUT2D eigenvalue weighted by Gasteiger charge is -2.10. The highest BCUT2D eigenvalue weighted by Gasteiger charge is 2.11. The van der Waals surface area contributed by atoms with Crippen LogP contribution in [0.5, 0.6) is 5.75 Å². The maximum absolute atomic E-state index is 11.5. The molecule has 2 aromatic rings. The first-order valence-corrected chi connectivity index (χ1v) is 5.90. The van der Waals surface area contributed by atoms with E-state index in [0.29, 0.717) is 29.8 Å². The molecule has 0 amide bonds. The zero-order valence-corrected chi connectivity index (χ0v) is 11.2. The van der Waals surface area contributed by atoms with E-state index in [1.54, 1.807) is 42.4 Å². The van der Waals surface area contributed by atoms with Gasteiger partial charge in [-0.05, 0) is 18.2 Å². The van der Waals surface area contributed by atoms with Crippen LogP contribution in [0.4, 0.5) is 0 Å². The van der Waals surface area contributed by atoms with Gasteiger partial charge in [0.05, 0.1) is 32.7 Å². The van der Waals surface area contributed by atoms with Gasteiger partial charge in [-0.3, -0.25) is 4.79 Å². The Morgan fingerprint density at radius 1 is 1.40 bits per heavy atom. The van der Waals surface area contributed by atoms with Crippen molar-refractivity contribution in [3.8, 4) is 5.75 Å². The molecule has 0 saturated carbocycles. The van der Waals surface area contributed by atoms with Gasteiger partial charge in [-0.1, -0.05) is 0 Å². The molecule has 6 nitrogen and oxygen atoms in total. The molecule has 6 heteroatoms. The van der Waals surface area contributed by atoms with E-state index >= 15 is 0 Å². The summed E-state index contributed by atoms with van der Waals surface area (Å²) in [5.74, 6) is 0.243. The average Bonchev–Trinajstić information content (AvgIpc) is 2.94. The Labute approximate surface area is 116 Å². The molecule has 0 fully saturated rings. The molecule has 0 unspecified atom stereocenters. The second-order valence-electron chi connectivity index (χ2n) is 4.11. The number of methoxy groups -OCH3 is 2. The quantitative estimate of drug-likeness (QED) is 0.611. The minimum Gasteiger partial charge on any atom is -0.496 e. The summed E-state index contributed by atoms with van der Waals surface area (Å²) in [6, 6.07) is 5.04. The largest absolute Gasteiger partial charge is 0.496 e. The number of nitrogens with zero attached hydrogens (tertiary/aromatic N) is 2. The summed E-state index contributed by atoms with van der Waals surface area (Å²) in [7, 11) is 2.89. The second-order valence-corrected chi connectivity index (χ2v) is 4.11. The zero-order valence-electron chi connectivity index (χ0n) is 11.2. The molecule has 2 rings (SSSR count). The molecule has 0 spiro atoms. The summed E-state index contributed by atoms with van der Waals surface area (Å²) in [6.07, 6.45) is 3.85. The van der Waals surface area contributed by atoms with Gasteiger partial charge < -0.3 is 14.0 Å². The molecule has 1 aromatic carbocycles. The van der Waals surface area contributed by atoms with Crippen molar-refractivity contribution in [2.45, 2.75) is 6.54 Å². The van der Waals surface area contributed by atoms with E-state index < -0.39 is 5.97 Å². The number of carbonyl (C=O) groups is 2. The summed E-state index contributed by atoms with van der Waals surface area (Å²) in [5, 5.41) is 0. The van der Waals surface area contributed by atoms with Crippen LogP contribution in [0.1, 0.15) is 26.4 Å². The molecule has 0 N–H and O–H groups in total. The van der Waals surface area contributed by atoms with E-state index in [4.69, 9.17) is 9.47 Å². The Morgan fingerprint density at radius 2 is 2.20 bits per heavy atom. The first-order valence-electron chi connectivity index (χ1n) is 5.90. The molecule has 0 atom stereocenters. The molecule has 104 valence electrons. The standard InChI is InChI=1S/C14H14N2O4/c1-19-13-4-3-10(14(18)20-2)5-11(13)6-16-7-12(8-17)15-9-16/h3-5,7-9H,6H2,1-2H3. The molecule has 1 heterocycles. The Morgan fingerprint density at radius 3 is 2.80 bits per heavy atom. The third kappa shape index (κ3) is 2.85. The monoisotopic (exact) mass is 274 g/mol. The van der Waals surface area contributed by atoms with E-state index in [0.717, 1.165) is 5.56 Å². The van der Waals surface area contributed by atoms with Crippen LogP contribution in [-0.4, -0.2) is 36.0 Å². The summed E-state index contributed by atoms with van der Waals surface area (Å²) in [5.41, 5.74) is 1.59. The van der Waals surface area contributed by atoms with Gasteiger partial charge in [-0.15, -0.1) is 0 Å². The predicted molar refractivity (Wildman–Crippen MR) is 71.1 cm³/mol. The molecular formula is C14H14N2O4. The Kier molecular flexibility index (Phi) is 4.14. The van der Waals surface area contributed by atoms with Crippen molar-refractivity contribution in [2.24, 2.45) is 0 Å². The Hall–Kier alpha value is -2.63. The number of aldehydes is 1. The minimum absolute atomic E-state index is 0.355. The topological polar surface area (TPSA) is 70.4 Å². The number of imidazole rings is 1. The number of benzene rings is 1. The van der Waals surface area contributed by atoms with Crippen LogP contribution in [-0.2, 0) is 11.3 Å². The maximum Gasteiger partial charge on any atom is 0.337 e. The fraction of sp³-hybridized carbons (Fsp3) is 0.214. The van der Waals surface area contributed by atoms with Crippen molar-refractivity contribution in [3.63, 3.8) is 0 Å². The molecule has 20 heavy (non-hydrogen) atoms. The van der Waals surface area contributed by atoms with Crippen LogP contribution in [0.25, 0.3) is 0 Å². The lowest BCUT2D eigenvalue weighted by atomic mass is 10.1. The Balaban J connectivity index is 2.32. The van der Waals surface area contributed by atoms with Crippen molar-refractivity contribution in [1.82, 2.24) is 9.55 Å². The van der Waals surface area contributed by atoms with Gasteiger partial charge in [0.1, 0.15) is 11.4 Å². The van der Waals surface area contributed by atoms with E-state index in [-0.39, 0.29) is 0 Å². The van der Waals surface area contributed by atoms with E-state index in [2.05, 4.69) is 4.98 Å². The van der Waals surface area contributed by atoms with Crippen molar-refractivity contribution < 1.29 is 19.1 Å². The van der Waals surface area contributed by atoms with Crippen LogP contribution in [0, 0.1) is 0 Å². The number of carbonyl (C=O) groups excluding carboxylic acids is 2. The van der Waals surface area contributed by atoms with Gasteiger partial charge in [0.2, 0.25) is 0 Å². The average molecular weight is 274 g/mol. The number of hydrogen-bond donors (Lipinski definition) is 0. The summed E-state index contributed by atoms with van der Waals surface area (Å²) >= 11 is 0. The van der Waals surface area contributed by atoms with Crippen LogP contribution >= 0.6 is 0 Å². The number of ether oxygens (including phenoxy) is 2. The SMILES string of the molecule is COC(=O)c1ccc(OC)c(Cn2cnc(C=O)c2)c1. The molecule has 0 radical (unpaired) electrons. The van der Waals surface area contributed by atoms with Crippen molar-refractivity contribution in [2.75, 3.05) is 14.2 Å². The van der Waals surface area contributed by atoms with E-state index in [1.165, 1.54) is 7.11 Å². The van der Waals surface area contributed by atoms with E-state index in [9.17, 15) is 9.59 Å². The number of aromatic nitrogens is 2. The summed E-state index contributed by atoms with van der Waals surface area (Å²) < 4.78 is 11.7. The van der Waals surface area contributed by atoms with Crippen molar-refractivity contribution in [1.29, 1.82) is 0 Å². The second kappa shape index (κ2) is 6.01. The lowest BCUT2D eigenvalue weighted by Crippen LogP contribution is -2.05. The smallest absolute Gasteiger partial charge is 0.337 e. The highest BCUT2D eigenvalue weighted by Crippen LogP contribution is 2.21. The van der Waals surface area contributed by atoms with Crippen LogP contribution < -0.4 is 4.74 Å². The van der Waals surface area contributed by atoms with Gasteiger partial charge in [0.15, 0.2) is 6.29 Å². The fourth-order valence-electron chi connectivity index (χ4n) is 1.87. The van der Waals surface area contributed by atoms with Crippen LogP contribution in [0.15, 0.2) is 30.7 Å². The molecule has 0 aliphatic heterocycles. The molecule has 0 saturated heterocycles. The summed E-state index contributed by atoms with van der Waals surface area (Å²) in [6.45, 7) is 0.439. The molecule has 0 aliphatic carbocycles. The van der Waals surface area contributed by atoms with Crippen molar-refractivity contribution >= 4 is 12.3 Å². The highest BCUT2D eigenvalue weighted by atomic mass is 16.5. The Bertz CT molecular complexity index is 634. The van der Waals surface area contributed by atoms with Gasteiger partial charge in [0.25, 0.3) is 0 Å². The fourth-order valence-corrected chi connectivity index (χ4v) is 1.87. The first-order chi connectivity index (χ1) is 9.67. The number of rotatable bonds is 5. The van der Waals surface area contributed by atoms with Crippen molar-refractivity contribution in [3.05, 3.63) is 47.5 Å². The predicted octanol–water partition coefficient (Wildman–Crippen LogP) is 1.54. The van der Waals surface area contributed by atoms with Crippen LogP contribution in [0.2, 0.25) is 0 Å². The van der Waals surface area contributed by atoms with Crippen LogP contribution in [0.3, 0.4) is 0 Å². The van der Waals surface area contributed by atoms with Gasteiger partial charge in [-0.2, -0.15) is 0 Å². The molecule has 0 bridgehead atoms. The molecular weight excluding hydrogens is 260 g/mol. The highest BCUT2D eigenvalue weighted by molar-refractivity contribution is 5.89. The number of hydrogen-bond acceptors (Lipinski definition) is 5. The molecule has 1 aromatic heterocycles. The third-order valence-corrected chi connectivity index (χ3v) is 2.83. The number of esters is 1. The molecule has 0 aliphatic rings. The third-order valence-electron chi connectivity index (χ3n) is 2.83. The van der Waals surface area contributed by atoms with Gasteiger partial charge >= 0.3 is 5.97 Å². The van der Waals surface area contributed by atoms with Gasteiger partial charge in [-0.25, -0.2) is 9.78 Å². The normalized spacial score (nSPS) is 10.1.